The zero-order chi connectivity index (χ0) is 13.5. The molecule has 0 aliphatic heterocycles. The summed E-state index contributed by atoms with van der Waals surface area (Å²) in [5.74, 6) is 0. The first-order chi connectivity index (χ1) is 9.81. The lowest BCUT2D eigenvalue weighted by Crippen LogP contribution is -2.01. The Balaban J connectivity index is 1.66. The Kier molecular flexibility index (Phi) is 2.58. The maximum atomic E-state index is 10.4. The van der Waals surface area contributed by atoms with E-state index in [9.17, 15) is 5.11 Å². The van der Waals surface area contributed by atoms with E-state index in [1.54, 1.807) is 22.0 Å². The normalized spacial score (nSPS) is 13.2. The van der Waals surface area contributed by atoms with Crippen LogP contribution < -0.4 is 0 Å². The molecule has 0 spiro atoms. The molecule has 0 saturated carbocycles. The van der Waals surface area contributed by atoms with Crippen LogP contribution in [0.3, 0.4) is 0 Å². The zero-order valence-corrected chi connectivity index (χ0v) is 11.4. The molecule has 0 aliphatic rings. The van der Waals surface area contributed by atoms with Gasteiger partial charge in [-0.1, -0.05) is 6.07 Å². The Morgan fingerprint density at radius 1 is 1.30 bits per heavy atom. The van der Waals surface area contributed by atoms with E-state index in [1.807, 2.05) is 46.6 Å². The molecule has 5 nitrogen and oxygen atoms in total. The molecule has 0 aliphatic carbocycles. The fraction of sp³-hybridized carbons (Fsp3) is 0.143. The van der Waals surface area contributed by atoms with Gasteiger partial charge in [-0.25, -0.2) is 9.50 Å². The number of aromatic nitrogens is 4. The maximum Gasteiger partial charge on any atom is 0.193 e. The third kappa shape index (κ3) is 1.81. The molecule has 20 heavy (non-hydrogen) atoms. The van der Waals surface area contributed by atoms with E-state index in [0.717, 1.165) is 21.7 Å². The molecule has 1 unspecified atom stereocenters. The largest absolute Gasteiger partial charge is 0.388 e. The summed E-state index contributed by atoms with van der Waals surface area (Å²) in [5, 5.41) is 16.7. The van der Waals surface area contributed by atoms with Crippen LogP contribution in [0.4, 0.5) is 0 Å². The molecule has 0 radical (unpaired) electrons. The van der Waals surface area contributed by atoms with E-state index in [0.29, 0.717) is 6.42 Å². The van der Waals surface area contributed by atoms with Crippen LogP contribution >= 0.6 is 11.3 Å². The first-order valence-corrected chi connectivity index (χ1v) is 7.20. The van der Waals surface area contributed by atoms with Gasteiger partial charge in [-0.05, 0) is 12.1 Å². The molecule has 6 heteroatoms. The van der Waals surface area contributed by atoms with Crippen LogP contribution in [0.5, 0.6) is 0 Å². The first kappa shape index (κ1) is 11.6. The van der Waals surface area contributed by atoms with Crippen molar-refractivity contribution in [3.63, 3.8) is 0 Å². The van der Waals surface area contributed by atoms with Crippen molar-refractivity contribution in [2.24, 2.45) is 0 Å². The van der Waals surface area contributed by atoms with Gasteiger partial charge >= 0.3 is 0 Å². The molecule has 1 atom stereocenters. The predicted molar refractivity (Wildman–Crippen MR) is 76.9 cm³/mol. The molecule has 100 valence electrons. The van der Waals surface area contributed by atoms with Gasteiger partial charge in [-0.2, -0.15) is 5.10 Å². The number of aliphatic hydroxyl groups excluding tert-OH is 1. The monoisotopic (exact) mass is 284 g/mol. The highest BCUT2D eigenvalue weighted by Gasteiger charge is 2.15. The molecular weight excluding hydrogens is 272 g/mol. The Labute approximate surface area is 118 Å². The molecule has 1 N–H and O–H groups in total. The van der Waals surface area contributed by atoms with Gasteiger partial charge in [0, 0.05) is 36.0 Å². The minimum absolute atomic E-state index is 0.491. The van der Waals surface area contributed by atoms with E-state index < -0.39 is 6.10 Å². The molecule has 0 saturated heterocycles. The van der Waals surface area contributed by atoms with Crippen molar-refractivity contribution in [2.45, 2.75) is 12.5 Å². The van der Waals surface area contributed by atoms with Gasteiger partial charge in [-0.3, -0.25) is 4.40 Å². The molecule has 0 aromatic carbocycles. The number of hydrogen-bond donors (Lipinski definition) is 1. The molecular formula is C14H12N4OS. The predicted octanol–water partition coefficient (Wildman–Crippen LogP) is 2.32. The molecule has 0 fully saturated rings. The average Bonchev–Trinajstić information content (AvgIpc) is 3.10. The topological polar surface area (TPSA) is 54.8 Å². The van der Waals surface area contributed by atoms with Crippen molar-refractivity contribution >= 4 is 21.8 Å². The second-order valence-electron chi connectivity index (χ2n) is 4.68. The van der Waals surface area contributed by atoms with Gasteiger partial charge in [0.25, 0.3) is 0 Å². The highest BCUT2D eigenvalue weighted by atomic mass is 32.1. The van der Waals surface area contributed by atoms with Crippen LogP contribution in [0.1, 0.15) is 17.4 Å². The highest BCUT2D eigenvalue weighted by molar-refractivity contribution is 7.15. The second-order valence-corrected chi connectivity index (χ2v) is 5.55. The molecule has 0 amide bonds. The summed E-state index contributed by atoms with van der Waals surface area (Å²) in [7, 11) is 0. The Hall–Kier alpha value is -2.18. The summed E-state index contributed by atoms with van der Waals surface area (Å²) in [4.78, 5) is 5.45. The van der Waals surface area contributed by atoms with Crippen LogP contribution in [0, 0.1) is 0 Å². The lowest BCUT2D eigenvalue weighted by molar-refractivity contribution is 0.179. The van der Waals surface area contributed by atoms with Crippen LogP contribution in [-0.4, -0.2) is 24.1 Å². The summed E-state index contributed by atoms with van der Waals surface area (Å²) in [6.07, 6.45) is 7.42. The quantitative estimate of drug-likeness (QED) is 0.628. The second kappa shape index (κ2) is 4.43. The number of thiazole rings is 1. The van der Waals surface area contributed by atoms with Crippen molar-refractivity contribution in [3.8, 4) is 0 Å². The summed E-state index contributed by atoms with van der Waals surface area (Å²) in [5.41, 5.74) is 2.66. The molecule has 4 heterocycles. The van der Waals surface area contributed by atoms with Crippen LogP contribution in [-0.2, 0) is 6.42 Å². The number of fused-ring (bicyclic) bond motifs is 2. The summed E-state index contributed by atoms with van der Waals surface area (Å²) in [6, 6.07) is 5.82. The van der Waals surface area contributed by atoms with Crippen molar-refractivity contribution in [3.05, 3.63) is 59.6 Å². The summed E-state index contributed by atoms with van der Waals surface area (Å²) < 4.78 is 3.74. The Morgan fingerprint density at radius 2 is 2.25 bits per heavy atom. The van der Waals surface area contributed by atoms with Crippen molar-refractivity contribution in [1.82, 2.24) is 19.0 Å². The van der Waals surface area contributed by atoms with E-state index in [1.165, 1.54) is 0 Å². The number of hydrogen-bond acceptors (Lipinski definition) is 4. The van der Waals surface area contributed by atoms with Crippen molar-refractivity contribution < 1.29 is 5.11 Å². The minimum atomic E-state index is -0.598. The summed E-state index contributed by atoms with van der Waals surface area (Å²) >= 11 is 1.59. The zero-order valence-electron chi connectivity index (χ0n) is 10.5. The van der Waals surface area contributed by atoms with E-state index >= 15 is 0 Å². The van der Waals surface area contributed by atoms with Gasteiger partial charge in [0.2, 0.25) is 0 Å². The van der Waals surface area contributed by atoms with Crippen LogP contribution in [0.15, 0.2) is 48.4 Å². The Morgan fingerprint density at radius 3 is 3.15 bits per heavy atom. The van der Waals surface area contributed by atoms with Crippen LogP contribution in [0.25, 0.3) is 10.5 Å². The van der Waals surface area contributed by atoms with E-state index in [2.05, 4.69) is 10.1 Å². The van der Waals surface area contributed by atoms with E-state index in [-0.39, 0.29) is 0 Å². The number of pyridine rings is 1. The van der Waals surface area contributed by atoms with Crippen LogP contribution in [0.2, 0.25) is 0 Å². The van der Waals surface area contributed by atoms with Gasteiger partial charge < -0.3 is 5.11 Å². The fourth-order valence-electron chi connectivity index (χ4n) is 2.39. The summed E-state index contributed by atoms with van der Waals surface area (Å²) in [6.45, 7) is 0. The van der Waals surface area contributed by atoms with Gasteiger partial charge in [-0.15, -0.1) is 11.3 Å². The Bertz CT molecular complexity index is 847. The minimum Gasteiger partial charge on any atom is -0.388 e. The standard InChI is InChI=1S/C14H12N4OS/c19-13(7-10-9-17-5-6-20-14(17)16-10)11-8-15-18-4-2-1-3-12(11)18/h1-6,8-9,13,19H,7H2. The maximum absolute atomic E-state index is 10.4. The first-order valence-electron chi connectivity index (χ1n) is 6.33. The van der Waals surface area contributed by atoms with Crippen molar-refractivity contribution in [2.75, 3.05) is 0 Å². The SMILES string of the molecule is OC(Cc1cn2ccsc2n1)c1cnn2ccccc12. The number of nitrogens with zero attached hydrogens (tertiary/aromatic N) is 4. The smallest absolute Gasteiger partial charge is 0.193 e. The number of imidazole rings is 1. The third-order valence-electron chi connectivity index (χ3n) is 3.36. The lowest BCUT2D eigenvalue weighted by Gasteiger charge is -2.07. The van der Waals surface area contributed by atoms with Crippen molar-refractivity contribution in [1.29, 1.82) is 0 Å². The fourth-order valence-corrected chi connectivity index (χ4v) is 3.11. The molecule has 0 bridgehead atoms. The average molecular weight is 284 g/mol. The third-order valence-corrected chi connectivity index (χ3v) is 4.13. The van der Waals surface area contributed by atoms with E-state index in [4.69, 9.17) is 0 Å². The lowest BCUT2D eigenvalue weighted by atomic mass is 10.1. The van der Waals surface area contributed by atoms with Gasteiger partial charge in [0.1, 0.15) is 0 Å². The number of aliphatic hydroxyl groups is 1. The van der Waals surface area contributed by atoms with Gasteiger partial charge in [0.15, 0.2) is 4.96 Å². The highest BCUT2D eigenvalue weighted by Crippen LogP contribution is 2.23. The molecule has 4 rings (SSSR count). The molecule has 4 aromatic rings. The van der Waals surface area contributed by atoms with Gasteiger partial charge in [0.05, 0.1) is 23.5 Å². The number of rotatable bonds is 3. The molecule has 4 aromatic heterocycles.